The van der Waals surface area contributed by atoms with Crippen molar-refractivity contribution in [3.05, 3.63) is 96.1 Å². The number of aromatic nitrogens is 3. The predicted octanol–water partition coefficient (Wildman–Crippen LogP) is 5.20. The molecule has 5 aromatic rings. The van der Waals surface area contributed by atoms with Crippen LogP contribution in [0.4, 0.5) is 0 Å². The van der Waals surface area contributed by atoms with Crippen molar-refractivity contribution in [2.75, 3.05) is 0 Å². The van der Waals surface area contributed by atoms with Crippen LogP contribution in [-0.2, 0) is 10.0 Å². The minimum atomic E-state index is -3.87. The van der Waals surface area contributed by atoms with E-state index in [2.05, 4.69) is 4.98 Å². The fourth-order valence-electron chi connectivity index (χ4n) is 4.33. The zero-order valence-electron chi connectivity index (χ0n) is 18.7. The third-order valence-electron chi connectivity index (χ3n) is 6.06. The molecule has 7 heteroatoms. The molecule has 1 unspecified atom stereocenters. The molecule has 0 aliphatic rings. The summed E-state index contributed by atoms with van der Waals surface area (Å²) in [5.74, 6) is 0. The van der Waals surface area contributed by atoms with Crippen molar-refractivity contribution in [2.24, 2.45) is 0 Å². The van der Waals surface area contributed by atoms with E-state index < -0.39 is 16.1 Å². The van der Waals surface area contributed by atoms with Crippen molar-refractivity contribution in [1.82, 2.24) is 13.5 Å². The molecular formula is C26H25N3O3S. The van der Waals surface area contributed by atoms with Crippen LogP contribution in [0.2, 0.25) is 0 Å². The Morgan fingerprint density at radius 1 is 0.909 bits per heavy atom. The Morgan fingerprint density at radius 2 is 1.61 bits per heavy atom. The Kier molecular flexibility index (Phi) is 5.11. The maximum atomic E-state index is 13.8. The van der Waals surface area contributed by atoms with Crippen LogP contribution in [0.5, 0.6) is 0 Å². The lowest BCUT2D eigenvalue weighted by Gasteiger charge is -2.17. The second-order valence-corrected chi connectivity index (χ2v) is 10.4. The third kappa shape index (κ3) is 3.44. The molecule has 6 nitrogen and oxygen atoms in total. The first-order valence-electron chi connectivity index (χ1n) is 10.8. The molecule has 0 amide bonds. The van der Waals surface area contributed by atoms with Gasteiger partial charge in [0, 0.05) is 16.8 Å². The number of aliphatic hydroxyl groups excluding tert-OH is 1. The number of fused-ring (bicyclic) bond motifs is 3. The standard InChI is InChI=1S/C26H25N3O3S/c1-17(2)28-16-27-15-25(28)26(30)19-10-13-22-21-6-4-5-7-23(21)29(24(22)14-19)33(31,32)20-11-8-18(3)9-12-20/h4-17,26,30H,1-3H3. The summed E-state index contributed by atoms with van der Waals surface area (Å²) < 4.78 is 30.8. The van der Waals surface area contributed by atoms with E-state index in [1.165, 1.54) is 3.97 Å². The van der Waals surface area contributed by atoms with Gasteiger partial charge in [-0.1, -0.05) is 48.0 Å². The lowest BCUT2D eigenvalue weighted by Crippen LogP contribution is -2.13. The minimum Gasteiger partial charge on any atom is -0.382 e. The largest absolute Gasteiger partial charge is 0.382 e. The van der Waals surface area contributed by atoms with Crippen LogP contribution < -0.4 is 0 Å². The summed E-state index contributed by atoms with van der Waals surface area (Å²) in [5.41, 5.74) is 3.39. The highest BCUT2D eigenvalue weighted by Crippen LogP contribution is 2.35. The van der Waals surface area contributed by atoms with E-state index in [1.54, 1.807) is 42.9 Å². The summed E-state index contributed by atoms with van der Waals surface area (Å²) in [7, 11) is -3.87. The summed E-state index contributed by atoms with van der Waals surface area (Å²) in [6.45, 7) is 5.96. The van der Waals surface area contributed by atoms with E-state index >= 15 is 0 Å². The van der Waals surface area contributed by atoms with E-state index in [9.17, 15) is 13.5 Å². The predicted molar refractivity (Wildman–Crippen MR) is 130 cm³/mol. The van der Waals surface area contributed by atoms with Gasteiger partial charge in [0.2, 0.25) is 0 Å². The average Bonchev–Trinajstić information content (AvgIpc) is 3.42. The first-order chi connectivity index (χ1) is 15.8. The van der Waals surface area contributed by atoms with Crippen molar-refractivity contribution < 1.29 is 13.5 Å². The van der Waals surface area contributed by atoms with E-state index in [4.69, 9.17) is 0 Å². The summed E-state index contributed by atoms with van der Waals surface area (Å²) in [4.78, 5) is 4.41. The van der Waals surface area contributed by atoms with Gasteiger partial charge in [-0.05, 0) is 50.6 Å². The molecule has 0 bridgehead atoms. The normalized spacial score (nSPS) is 13.2. The highest BCUT2D eigenvalue weighted by molar-refractivity contribution is 7.90. The molecule has 2 heterocycles. The number of hydrogen-bond donors (Lipinski definition) is 1. The Morgan fingerprint density at radius 3 is 2.33 bits per heavy atom. The molecule has 0 fully saturated rings. The number of para-hydroxylation sites is 1. The molecule has 33 heavy (non-hydrogen) atoms. The van der Waals surface area contributed by atoms with E-state index in [0.717, 1.165) is 16.3 Å². The van der Waals surface area contributed by atoms with Crippen LogP contribution in [0.3, 0.4) is 0 Å². The molecule has 1 N–H and O–H groups in total. The minimum absolute atomic E-state index is 0.134. The summed E-state index contributed by atoms with van der Waals surface area (Å²) >= 11 is 0. The summed E-state index contributed by atoms with van der Waals surface area (Å²) in [6, 6.07) is 19.9. The van der Waals surface area contributed by atoms with E-state index in [0.29, 0.717) is 22.3 Å². The molecule has 168 valence electrons. The van der Waals surface area contributed by atoms with Crippen LogP contribution in [-0.4, -0.2) is 27.0 Å². The van der Waals surface area contributed by atoms with Gasteiger partial charge in [-0.25, -0.2) is 17.4 Å². The topological polar surface area (TPSA) is 77.1 Å². The van der Waals surface area contributed by atoms with Gasteiger partial charge in [0.05, 0.1) is 34.1 Å². The fraction of sp³-hybridized carbons (Fsp3) is 0.192. The van der Waals surface area contributed by atoms with Gasteiger partial charge in [0.25, 0.3) is 10.0 Å². The Hall–Kier alpha value is -3.42. The van der Waals surface area contributed by atoms with Gasteiger partial charge < -0.3 is 9.67 Å². The van der Waals surface area contributed by atoms with Gasteiger partial charge in [0.15, 0.2) is 0 Å². The van der Waals surface area contributed by atoms with Crippen LogP contribution in [0.15, 0.2) is 84.1 Å². The Labute approximate surface area is 192 Å². The van der Waals surface area contributed by atoms with Gasteiger partial charge in [-0.2, -0.15) is 0 Å². The molecule has 0 aliphatic heterocycles. The number of benzene rings is 3. The molecule has 1 atom stereocenters. The van der Waals surface area contributed by atoms with Crippen molar-refractivity contribution >= 4 is 31.8 Å². The summed E-state index contributed by atoms with van der Waals surface area (Å²) in [6.07, 6.45) is 2.40. The molecule has 0 spiro atoms. The van der Waals surface area contributed by atoms with Crippen LogP contribution >= 0.6 is 0 Å². The van der Waals surface area contributed by atoms with Crippen molar-refractivity contribution in [3.63, 3.8) is 0 Å². The number of nitrogens with zero attached hydrogens (tertiary/aromatic N) is 3. The van der Waals surface area contributed by atoms with Crippen LogP contribution in [0, 0.1) is 6.92 Å². The number of imidazole rings is 1. The average molecular weight is 460 g/mol. The van der Waals surface area contributed by atoms with E-state index in [1.807, 2.05) is 61.7 Å². The zero-order chi connectivity index (χ0) is 23.3. The highest BCUT2D eigenvalue weighted by atomic mass is 32.2. The van der Waals surface area contributed by atoms with Crippen molar-refractivity contribution in [2.45, 2.75) is 37.8 Å². The van der Waals surface area contributed by atoms with Crippen molar-refractivity contribution in [3.8, 4) is 0 Å². The smallest absolute Gasteiger partial charge is 0.268 e. The van der Waals surface area contributed by atoms with Gasteiger partial charge in [0.1, 0.15) is 6.10 Å². The Balaban J connectivity index is 1.76. The number of rotatable bonds is 5. The monoisotopic (exact) mass is 459 g/mol. The van der Waals surface area contributed by atoms with Gasteiger partial charge in [-0.3, -0.25) is 0 Å². The van der Waals surface area contributed by atoms with Gasteiger partial charge in [-0.15, -0.1) is 0 Å². The zero-order valence-corrected chi connectivity index (χ0v) is 19.5. The summed E-state index contributed by atoms with van der Waals surface area (Å²) in [5, 5.41) is 12.8. The quantitative estimate of drug-likeness (QED) is 0.392. The maximum Gasteiger partial charge on any atom is 0.268 e. The number of hydrogen-bond acceptors (Lipinski definition) is 4. The molecule has 0 aliphatic carbocycles. The Bertz CT molecular complexity index is 1580. The molecular weight excluding hydrogens is 434 g/mol. The molecule has 0 saturated heterocycles. The SMILES string of the molecule is Cc1ccc(S(=O)(=O)n2c3ccccc3c3ccc(C(O)c4cncn4C(C)C)cc32)cc1. The lowest BCUT2D eigenvalue weighted by molar-refractivity contribution is 0.208. The highest BCUT2D eigenvalue weighted by Gasteiger charge is 2.25. The third-order valence-corrected chi connectivity index (χ3v) is 7.80. The number of aryl methyl sites for hydroxylation is 1. The second kappa shape index (κ2) is 7.86. The fourth-order valence-corrected chi connectivity index (χ4v) is 5.85. The molecule has 0 saturated carbocycles. The van der Waals surface area contributed by atoms with Gasteiger partial charge >= 0.3 is 0 Å². The first kappa shape index (κ1) is 21.4. The lowest BCUT2D eigenvalue weighted by atomic mass is 10.0. The molecule has 2 aromatic heterocycles. The van der Waals surface area contributed by atoms with E-state index in [-0.39, 0.29) is 10.9 Å². The first-order valence-corrected chi connectivity index (χ1v) is 12.3. The van der Waals surface area contributed by atoms with Crippen molar-refractivity contribution in [1.29, 1.82) is 0 Å². The molecule has 5 rings (SSSR count). The maximum absolute atomic E-state index is 13.8. The number of aliphatic hydroxyl groups is 1. The molecule has 0 radical (unpaired) electrons. The van der Waals surface area contributed by atoms with Crippen LogP contribution in [0.25, 0.3) is 21.8 Å². The molecule has 3 aromatic carbocycles. The van der Waals surface area contributed by atoms with Crippen LogP contribution in [0.1, 0.15) is 42.8 Å². The second-order valence-electron chi connectivity index (χ2n) is 8.60.